The number of carbonyl (C=O) groups excluding carboxylic acids is 2. The summed E-state index contributed by atoms with van der Waals surface area (Å²) in [5, 5.41) is 13.5. The highest BCUT2D eigenvalue weighted by Crippen LogP contribution is 2.33. The average molecular weight is 424 g/mol. The van der Waals surface area contributed by atoms with Crippen LogP contribution < -0.4 is 10.1 Å². The van der Waals surface area contributed by atoms with Crippen molar-refractivity contribution in [1.29, 1.82) is 0 Å². The fourth-order valence-corrected chi connectivity index (χ4v) is 3.18. The Balaban J connectivity index is 1.64. The molecule has 1 aliphatic rings. The summed E-state index contributed by atoms with van der Waals surface area (Å²) in [6.45, 7) is 1.77. The number of nitrogens with one attached hydrogen (secondary N) is 1. The molecule has 2 N–H and O–H groups in total. The van der Waals surface area contributed by atoms with E-state index in [0.717, 1.165) is 12.1 Å². The van der Waals surface area contributed by atoms with Crippen molar-refractivity contribution in [1.82, 2.24) is 14.9 Å². The lowest BCUT2D eigenvalue weighted by molar-refractivity contribution is -0.274. The number of ether oxygens (including phenoxy) is 1. The normalized spacial score (nSPS) is 16.1. The first-order chi connectivity index (χ1) is 14.1. The molecule has 1 aliphatic heterocycles. The third-order valence-corrected chi connectivity index (χ3v) is 4.66. The largest absolute Gasteiger partial charge is 0.573 e. The number of rotatable bonds is 4. The summed E-state index contributed by atoms with van der Waals surface area (Å²) in [6, 6.07) is 6.15. The highest BCUT2D eigenvalue weighted by atomic mass is 19.4. The molecular weight excluding hydrogens is 405 g/mol. The highest BCUT2D eigenvalue weighted by molar-refractivity contribution is 5.94. The monoisotopic (exact) mass is 424 g/mol. The van der Waals surface area contributed by atoms with Gasteiger partial charge in [0.2, 0.25) is 5.91 Å². The maximum Gasteiger partial charge on any atom is 0.573 e. The molecule has 2 heterocycles. The molecule has 0 aliphatic carbocycles. The zero-order valence-electron chi connectivity index (χ0n) is 15.9. The van der Waals surface area contributed by atoms with Crippen LogP contribution in [0.5, 0.6) is 5.75 Å². The van der Waals surface area contributed by atoms with Crippen LogP contribution in [0.25, 0.3) is 0 Å². The van der Waals surface area contributed by atoms with Crippen LogP contribution in [-0.2, 0) is 10.4 Å². The van der Waals surface area contributed by atoms with Gasteiger partial charge in [-0.05, 0) is 37.1 Å². The van der Waals surface area contributed by atoms with Gasteiger partial charge in [0.05, 0.1) is 5.69 Å². The molecular formula is C19H19F3N4O4. The van der Waals surface area contributed by atoms with Crippen molar-refractivity contribution in [3.8, 4) is 5.75 Å². The molecule has 0 spiro atoms. The van der Waals surface area contributed by atoms with Crippen molar-refractivity contribution >= 4 is 17.6 Å². The van der Waals surface area contributed by atoms with Gasteiger partial charge in [0.25, 0.3) is 5.91 Å². The van der Waals surface area contributed by atoms with Crippen LogP contribution in [0.3, 0.4) is 0 Å². The van der Waals surface area contributed by atoms with E-state index < -0.39 is 17.7 Å². The number of aromatic nitrogens is 2. The maximum atomic E-state index is 12.6. The van der Waals surface area contributed by atoms with Crippen LogP contribution in [0.15, 0.2) is 36.7 Å². The van der Waals surface area contributed by atoms with E-state index in [0.29, 0.717) is 5.69 Å². The number of alkyl halides is 3. The first-order valence-corrected chi connectivity index (χ1v) is 9.03. The summed E-state index contributed by atoms with van der Waals surface area (Å²) in [7, 11) is 0. The minimum atomic E-state index is -4.80. The molecule has 11 heteroatoms. The van der Waals surface area contributed by atoms with Crippen molar-refractivity contribution in [3.05, 3.63) is 47.9 Å². The average Bonchev–Trinajstić information content (AvgIpc) is 2.67. The Morgan fingerprint density at radius 3 is 2.37 bits per heavy atom. The van der Waals surface area contributed by atoms with E-state index in [2.05, 4.69) is 20.0 Å². The van der Waals surface area contributed by atoms with Crippen LogP contribution in [0.1, 0.15) is 35.8 Å². The van der Waals surface area contributed by atoms with E-state index in [9.17, 15) is 27.9 Å². The smallest absolute Gasteiger partial charge is 0.406 e. The van der Waals surface area contributed by atoms with Gasteiger partial charge in [-0.1, -0.05) is 0 Å². The van der Waals surface area contributed by atoms with Crippen LogP contribution in [0.2, 0.25) is 0 Å². The lowest BCUT2D eigenvalue weighted by Crippen LogP contribution is -2.45. The topological polar surface area (TPSA) is 105 Å². The van der Waals surface area contributed by atoms with Gasteiger partial charge in [0.15, 0.2) is 0 Å². The van der Waals surface area contributed by atoms with Gasteiger partial charge < -0.3 is 20.1 Å². The van der Waals surface area contributed by atoms with Crippen molar-refractivity contribution < 1.29 is 32.6 Å². The zero-order valence-corrected chi connectivity index (χ0v) is 15.9. The summed E-state index contributed by atoms with van der Waals surface area (Å²) >= 11 is 0. The molecule has 0 radical (unpaired) electrons. The van der Waals surface area contributed by atoms with Crippen LogP contribution in [-0.4, -0.2) is 51.2 Å². The van der Waals surface area contributed by atoms with E-state index >= 15 is 0 Å². The number of carbonyl (C=O) groups is 2. The Labute approximate surface area is 169 Å². The SMILES string of the molecule is CC(=O)Nc1cc(C2(O)CCN(C(=O)c3ccc(OC(F)(F)F)cc3)CC2)ncn1. The lowest BCUT2D eigenvalue weighted by Gasteiger charge is -2.37. The van der Waals surface area contributed by atoms with E-state index in [-0.39, 0.29) is 49.1 Å². The van der Waals surface area contributed by atoms with Crippen molar-refractivity contribution in [3.63, 3.8) is 0 Å². The summed E-state index contributed by atoms with van der Waals surface area (Å²) in [6.07, 6.45) is -3.17. The second-order valence-corrected chi connectivity index (χ2v) is 6.87. The summed E-state index contributed by atoms with van der Waals surface area (Å²) in [5.74, 6) is -0.817. The molecule has 1 aromatic heterocycles. The van der Waals surface area contributed by atoms with Crippen molar-refractivity contribution in [2.45, 2.75) is 31.7 Å². The number of hydrogen-bond donors (Lipinski definition) is 2. The second-order valence-electron chi connectivity index (χ2n) is 6.87. The molecule has 2 amide bonds. The summed E-state index contributed by atoms with van der Waals surface area (Å²) in [5.41, 5.74) is -0.746. The molecule has 0 atom stereocenters. The lowest BCUT2D eigenvalue weighted by atomic mass is 9.87. The minimum absolute atomic E-state index is 0.199. The van der Waals surface area contributed by atoms with Gasteiger partial charge in [0, 0.05) is 31.6 Å². The molecule has 0 unspecified atom stereocenters. The van der Waals surface area contributed by atoms with E-state index in [1.54, 1.807) is 0 Å². The van der Waals surface area contributed by atoms with Gasteiger partial charge in [0.1, 0.15) is 23.5 Å². The number of halogens is 3. The number of amides is 2. The van der Waals surface area contributed by atoms with E-state index in [1.165, 1.54) is 36.4 Å². The Kier molecular flexibility index (Phi) is 5.92. The molecule has 1 fully saturated rings. The number of piperidine rings is 1. The molecule has 1 saturated heterocycles. The standard InChI is InChI=1S/C19H19F3N4O4/c1-12(27)25-16-10-15(23-11-24-16)18(29)6-8-26(9-7-18)17(28)13-2-4-14(5-3-13)30-19(20,21)22/h2-5,10-11,29H,6-9H2,1H3,(H,23,24,25,27). The first kappa shape index (κ1) is 21.5. The summed E-state index contributed by atoms with van der Waals surface area (Å²) < 4.78 is 40.5. The minimum Gasteiger partial charge on any atom is -0.406 e. The third-order valence-electron chi connectivity index (χ3n) is 4.66. The van der Waals surface area contributed by atoms with Gasteiger partial charge in [-0.2, -0.15) is 0 Å². The molecule has 1 aromatic carbocycles. The van der Waals surface area contributed by atoms with Crippen LogP contribution in [0, 0.1) is 0 Å². The number of benzene rings is 1. The summed E-state index contributed by atoms with van der Waals surface area (Å²) in [4.78, 5) is 33.3. The number of nitrogens with zero attached hydrogens (tertiary/aromatic N) is 3. The van der Waals surface area contributed by atoms with Gasteiger partial charge in [-0.15, -0.1) is 13.2 Å². The molecule has 160 valence electrons. The predicted molar refractivity (Wildman–Crippen MR) is 98.5 cm³/mol. The molecule has 8 nitrogen and oxygen atoms in total. The van der Waals surface area contributed by atoms with E-state index in [4.69, 9.17) is 0 Å². The maximum absolute atomic E-state index is 12.6. The van der Waals surface area contributed by atoms with Crippen LogP contribution >= 0.6 is 0 Å². The van der Waals surface area contributed by atoms with E-state index in [1.807, 2.05) is 0 Å². The molecule has 3 rings (SSSR count). The predicted octanol–water partition coefficient (Wildman–Crippen LogP) is 2.46. The fraction of sp³-hybridized carbons (Fsp3) is 0.368. The zero-order chi connectivity index (χ0) is 21.9. The number of hydrogen-bond acceptors (Lipinski definition) is 6. The quantitative estimate of drug-likeness (QED) is 0.781. The Morgan fingerprint density at radius 2 is 1.80 bits per heavy atom. The Morgan fingerprint density at radius 1 is 1.17 bits per heavy atom. The number of likely N-dealkylation sites (tertiary alicyclic amines) is 1. The van der Waals surface area contributed by atoms with Gasteiger partial charge >= 0.3 is 6.36 Å². The molecule has 0 saturated carbocycles. The molecule has 30 heavy (non-hydrogen) atoms. The second kappa shape index (κ2) is 8.27. The Bertz CT molecular complexity index is 926. The molecule has 2 aromatic rings. The third kappa shape index (κ3) is 5.23. The number of anilines is 1. The highest BCUT2D eigenvalue weighted by Gasteiger charge is 2.37. The first-order valence-electron chi connectivity index (χ1n) is 9.03. The fourth-order valence-electron chi connectivity index (χ4n) is 3.18. The van der Waals surface area contributed by atoms with Crippen LogP contribution in [0.4, 0.5) is 19.0 Å². The Hall–Kier alpha value is -3.21. The van der Waals surface area contributed by atoms with Crippen molar-refractivity contribution in [2.24, 2.45) is 0 Å². The van der Waals surface area contributed by atoms with Gasteiger partial charge in [-0.3, -0.25) is 9.59 Å². The number of aliphatic hydroxyl groups is 1. The van der Waals surface area contributed by atoms with Gasteiger partial charge in [-0.25, -0.2) is 9.97 Å². The van der Waals surface area contributed by atoms with Crippen molar-refractivity contribution in [2.75, 3.05) is 18.4 Å². The molecule has 0 bridgehead atoms.